The van der Waals surface area contributed by atoms with Gasteiger partial charge in [0.25, 0.3) is 23.8 Å². The van der Waals surface area contributed by atoms with Crippen molar-refractivity contribution in [3.05, 3.63) is 123 Å². The van der Waals surface area contributed by atoms with Gasteiger partial charge in [-0.2, -0.15) is 4.98 Å². The highest BCUT2D eigenvalue weighted by Gasteiger charge is 2.79. The second kappa shape index (κ2) is 38.6. The summed E-state index contributed by atoms with van der Waals surface area (Å²) in [6.45, 7) is 13.7. The van der Waals surface area contributed by atoms with Gasteiger partial charge in [-0.3, -0.25) is 67.7 Å². The highest BCUT2D eigenvalue weighted by Crippen LogP contribution is 2.68. The molecule has 1 unspecified atom stereocenters. The van der Waals surface area contributed by atoms with Gasteiger partial charge in [0.1, 0.15) is 37.4 Å². The van der Waals surface area contributed by atoms with Gasteiger partial charge in [0.2, 0.25) is 17.8 Å². The van der Waals surface area contributed by atoms with E-state index >= 15 is 4.79 Å². The maximum absolute atomic E-state index is 15.3. The minimum absolute atomic E-state index is 0.0264. The van der Waals surface area contributed by atoms with E-state index in [2.05, 4.69) is 78.4 Å². The number of hydrogen-bond acceptors (Lipinski definition) is 27. The molecule has 3 fully saturated rings. The fraction of sp³-hybridized carbons (Fsp3) is 0.558. The zero-order valence-corrected chi connectivity index (χ0v) is 71.6. The summed E-state index contributed by atoms with van der Waals surface area (Å²) >= 11 is 0. The maximum Gasteiger partial charge on any atom is 0.325 e. The van der Waals surface area contributed by atoms with Crippen LogP contribution in [0.3, 0.4) is 0 Å². The number of para-hydroxylation sites is 1. The van der Waals surface area contributed by atoms with Gasteiger partial charge in [-0.1, -0.05) is 79.6 Å². The third kappa shape index (κ3) is 19.1. The van der Waals surface area contributed by atoms with Crippen LogP contribution >= 0.6 is 21.6 Å². The topological polar surface area (TPSA) is 490 Å². The Balaban J connectivity index is 0.594. The first-order valence-electron chi connectivity index (χ1n) is 41.8. The number of nitrogen functional groups attached to an aromatic ring is 1. The van der Waals surface area contributed by atoms with E-state index in [-0.39, 0.29) is 111 Å². The summed E-state index contributed by atoms with van der Waals surface area (Å²) in [6.07, 6.45) is 7.77. The van der Waals surface area contributed by atoms with Crippen LogP contribution < -0.4 is 59.0 Å². The molecule has 1 saturated carbocycles. The molecule has 1 aliphatic carbocycles. The molecule has 121 heavy (non-hydrogen) atoms. The number of aliphatic hydroxyl groups is 3. The van der Waals surface area contributed by atoms with Gasteiger partial charge in [0, 0.05) is 157 Å². The number of carbonyl (C=O) groups excluding carboxylic acids is 9. The van der Waals surface area contributed by atoms with Crippen molar-refractivity contribution in [1.82, 2.24) is 56.0 Å². The molecule has 2 saturated heterocycles. The number of anilines is 3. The monoisotopic (exact) mass is 1710 g/mol. The SMILES string of the molecule is CC[C@]1(O)C[C@H]2CN(CCc3c([nH]c4ccccc34)[C@@](COC=O)(c3cc4c(cc3OC)N(C)[C@H]3[C@@](O)(C(=O)NCC(=O)OCCSSCCCC(=O)[C@H](C)NC(=O)[C@H](C)CC(=O)[C@H](CCCN=C(N)N)NC(=O)[C@H](C)CC(=O)CC[C@@H](C)NC(=O)c5ccc(NCc6cnc7nc(N)[nH]c(=O)c7n6)cc5)[C@H](O)[C@]5(CC)C=CCN6CC[C@]43[C@@H]65)C2)C1. The summed E-state index contributed by atoms with van der Waals surface area (Å²) in [4.78, 5) is 164. The smallest absolute Gasteiger partial charge is 0.325 e. The molecule has 8 heterocycles. The molecular formula is C86H115N17O16S2. The number of carbonyl (C=O) groups is 9. The predicted molar refractivity (Wildman–Crippen MR) is 461 cm³/mol. The quantitative estimate of drug-likeness (QED) is 0.00472. The molecule has 12 rings (SSSR count). The number of H-pyrrole nitrogens is 2. The molecule has 6 aromatic rings. The van der Waals surface area contributed by atoms with Gasteiger partial charge < -0.3 is 83.2 Å². The minimum atomic E-state index is -2.52. The summed E-state index contributed by atoms with van der Waals surface area (Å²) in [7, 11) is 6.30. The fourth-order valence-electron chi connectivity index (χ4n) is 19.7. The average Bonchev–Trinajstić information content (AvgIpc) is 1.48. The number of nitrogens with one attached hydrogen (secondary N) is 7. The number of amides is 4. The van der Waals surface area contributed by atoms with Gasteiger partial charge in [-0.05, 0) is 138 Å². The van der Waals surface area contributed by atoms with E-state index < -0.39 is 117 Å². The molecule has 1 spiro atoms. The van der Waals surface area contributed by atoms with Crippen LogP contribution in [0.25, 0.3) is 22.1 Å². The van der Waals surface area contributed by atoms with Gasteiger partial charge >= 0.3 is 5.97 Å². The van der Waals surface area contributed by atoms with E-state index in [1.165, 1.54) is 27.8 Å². The molecule has 33 nitrogen and oxygen atoms in total. The second-order valence-corrected chi connectivity index (χ2v) is 36.3. The fourth-order valence-corrected chi connectivity index (χ4v) is 21.6. The number of aliphatic imine (C=N–C) groups is 1. The number of guanidine groups is 1. The number of aromatic nitrogens is 5. The number of esters is 1. The highest BCUT2D eigenvalue weighted by molar-refractivity contribution is 8.76. The van der Waals surface area contributed by atoms with Crippen molar-refractivity contribution < 1.29 is 72.7 Å². The molecule has 4 amide bonds. The lowest BCUT2D eigenvalue weighted by molar-refractivity contribution is -0.203. The number of nitrogens with zero attached hydrogens (tertiary/aromatic N) is 7. The van der Waals surface area contributed by atoms with Gasteiger partial charge in [-0.25, -0.2) is 9.97 Å². The maximum atomic E-state index is 15.3. The second-order valence-electron chi connectivity index (χ2n) is 33.6. The number of ether oxygens (including phenoxy) is 3. The lowest BCUT2D eigenvalue weighted by Crippen LogP contribution is -2.81. The Morgan fingerprint density at radius 2 is 1.60 bits per heavy atom. The predicted octanol–water partition coefficient (Wildman–Crippen LogP) is 4.69. The molecule has 0 radical (unpaired) electrons. The first-order chi connectivity index (χ1) is 57.8. The van der Waals surface area contributed by atoms with Crippen molar-refractivity contribution in [3.63, 3.8) is 0 Å². The zero-order chi connectivity index (χ0) is 86.9. The van der Waals surface area contributed by atoms with E-state index in [0.29, 0.717) is 130 Å². The van der Waals surface area contributed by atoms with E-state index in [1.54, 1.807) is 59.1 Å². The number of ketones is 3. The lowest BCUT2D eigenvalue weighted by Gasteiger charge is -2.63. The van der Waals surface area contributed by atoms with Crippen molar-refractivity contribution in [2.45, 2.75) is 196 Å². The number of rotatable bonds is 40. The molecule has 15 atom stereocenters. The number of aliphatic hydroxyl groups excluding tert-OH is 1. The third-order valence-electron chi connectivity index (χ3n) is 25.5. The van der Waals surface area contributed by atoms with Crippen LogP contribution in [-0.2, 0) is 71.6 Å². The molecular weight excluding hydrogens is 1590 g/mol. The van der Waals surface area contributed by atoms with Crippen LogP contribution in [0.2, 0.25) is 0 Å². The summed E-state index contributed by atoms with van der Waals surface area (Å²) in [5.74, 6) is -4.67. The van der Waals surface area contributed by atoms with E-state index in [9.17, 15) is 58.5 Å². The number of benzene rings is 3. The normalized spacial score (nSPS) is 25.1. The van der Waals surface area contributed by atoms with E-state index in [1.807, 2.05) is 62.2 Å². The van der Waals surface area contributed by atoms with Crippen LogP contribution in [-0.4, -0.2) is 242 Å². The molecule has 3 aromatic carbocycles. The zero-order valence-electron chi connectivity index (χ0n) is 70.0. The summed E-state index contributed by atoms with van der Waals surface area (Å²) in [5.41, 5.74) is 16.3. The number of aromatic amines is 2. The van der Waals surface area contributed by atoms with Crippen LogP contribution in [0, 0.1) is 23.2 Å². The number of likely N-dealkylation sites (N-methyl/N-ethyl adjacent to an activating group) is 1. The van der Waals surface area contributed by atoms with Crippen molar-refractivity contribution >= 4 is 120 Å². The van der Waals surface area contributed by atoms with Crippen LogP contribution in [0.1, 0.15) is 163 Å². The van der Waals surface area contributed by atoms with Gasteiger partial charge in [0.05, 0.1) is 54.7 Å². The van der Waals surface area contributed by atoms with Crippen molar-refractivity contribution in [1.29, 1.82) is 0 Å². The average molecular weight is 1710 g/mol. The standard InChI is InChI=1S/C86H115N17O16S2/c1-9-82(115)40-53-41-84(47-118-48-104,70-59(26-31-102(45-53)46-82)58-16-11-12-17-62(58)97-70)61-38-60-64(39-67(61)117-8)101(7)77-85(60)28-32-103-30-15-27-83(10-2,76(85)103)78(113)86(77,116)79(114)93-44-68(108)119-33-35-121-120-34-14-19-65(106)52(6)95-72(109)50(4)37-66(107)63(18-13-29-90-80(87)88)98-73(110)49(3)36-57(105)25-20-51(5)94-74(111)54-21-23-55(24-22-54)91-42-56-43-92-71-69(96-56)75(112)100-81(89)99-71/h11-12,15-17,21-24,27,38-39,43,48-53,63,76-78,91,97,113,115-116H,9-10,13-14,18-20,25-26,28-37,40-42,44-47H2,1-8H3,(H,93,114)(H,94,111)(H,95,109)(H,98,110)(H4,87,88,90)(H3,89,92,99,100,112)/t49-,50-,51-,52+,53-,63+,76+,77-,78-,82+,83-,84+,85-,86+/m1/s1. The van der Waals surface area contributed by atoms with Crippen molar-refractivity contribution in [2.24, 2.45) is 39.6 Å². The van der Waals surface area contributed by atoms with Gasteiger partial charge in [0.15, 0.2) is 34.3 Å². The Bertz CT molecular complexity index is 4970. The molecule has 35 heteroatoms. The summed E-state index contributed by atoms with van der Waals surface area (Å²) in [5, 5.41) is 54.3. The minimum Gasteiger partial charge on any atom is -0.496 e. The van der Waals surface area contributed by atoms with Crippen molar-refractivity contribution in [2.75, 3.05) is 101 Å². The summed E-state index contributed by atoms with van der Waals surface area (Å²) < 4.78 is 18.1. The third-order valence-corrected chi connectivity index (χ3v) is 28.0. The highest BCUT2D eigenvalue weighted by atomic mass is 33.1. The van der Waals surface area contributed by atoms with Crippen LogP contribution in [0.5, 0.6) is 5.75 Å². The number of nitrogens with two attached hydrogens (primary N) is 3. The number of piperidine rings is 1. The summed E-state index contributed by atoms with van der Waals surface area (Å²) in [6, 6.07) is 15.1. The number of Topliss-reactive ketones (excluding diaryl/α,β-unsaturated/α-hetero) is 3. The van der Waals surface area contributed by atoms with Crippen LogP contribution in [0.4, 0.5) is 17.3 Å². The Kier molecular flexibility index (Phi) is 28.8. The molecule has 3 aromatic heterocycles. The van der Waals surface area contributed by atoms with Gasteiger partial charge in [-0.15, -0.1) is 0 Å². The first-order valence-corrected chi connectivity index (χ1v) is 44.3. The van der Waals surface area contributed by atoms with Crippen LogP contribution in [0.15, 0.2) is 88.8 Å². The molecule has 5 aliphatic heterocycles. The lowest BCUT2D eigenvalue weighted by atomic mass is 9.47. The van der Waals surface area contributed by atoms with E-state index in [4.69, 9.17) is 31.4 Å². The Morgan fingerprint density at radius 3 is 2.35 bits per heavy atom. The Labute approximate surface area is 710 Å². The molecule has 652 valence electrons. The largest absolute Gasteiger partial charge is 0.496 e. The Morgan fingerprint density at radius 1 is 0.851 bits per heavy atom. The first kappa shape index (κ1) is 90.2. The number of fused-ring (bicyclic) bond motifs is 7. The molecule has 16 N–H and O–H groups in total. The number of methoxy groups -OCH3 is 1. The molecule has 2 bridgehead atoms. The number of hydrogen-bond donors (Lipinski definition) is 13. The van der Waals surface area contributed by atoms with E-state index in [0.717, 1.165) is 33.3 Å². The Hall–Kier alpha value is -10.0. The van der Waals surface area contributed by atoms with Crippen molar-refractivity contribution in [3.8, 4) is 5.75 Å². The molecule has 6 aliphatic rings.